The van der Waals surface area contributed by atoms with Gasteiger partial charge in [-0.15, -0.1) is 21.5 Å². The lowest BCUT2D eigenvalue weighted by atomic mass is 9.93. The van der Waals surface area contributed by atoms with Crippen LogP contribution in [0.1, 0.15) is 70.1 Å². The SMILES string of the molecule is Cc1nnc(-c2c(CCc3ccc(F)cc3)nc3c(c2-c2cc4ccnc(N[C@@H]5CCOc6c(F)cc(F)cc65)c4s2)C(=O)N2CCCC32)o1. The molecular weight excluding hydrogens is 666 g/mol. The zero-order chi connectivity index (χ0) is 34.1. The number of nitrogens with one attached hydrogen (secondary N) is 1. The van der Waals surface area contributed by atoms with E-state index in [0.29, 0.717) is 65.5 Å². The number of ether oxygens (including phenoxy) is 1. The number of halogens is 3. The maximum absolute atomic E-state index is 14.6. The fourth-order valence-electron chi connectivity index (χ4n) is 7.45. The van der Waals surface area contributed by atoms with E-state index >= 15 is 0 Å². The Balaban J connectivity index is 1.21. The number of thiophene rings is 1. The minimum absolute atomic E-state index is 0.0354. The van der Waals surface area contributed by atoms with Crippen molar-refractivity contribution in [3.63, 3.8) is 0 Å². The molecule has 0 spiro atoms. The van der Waals surface area contributed by atoms with Gasteiger partial charge in [0.15, 0.2) is 11.6 Å². The molecule has 7 heterocycles. The highest BCUT2D eigenvalue weighted by atomic mass is 32.1. The van der Waals surface area contributed by atoms with Crippen molar-refractivity contribution >= 4 is 33.1 Å². The standard InChI is InChI=1S/C37H29F3N6O3S/c1-18-44-45-36(49-18)29-26(9-6-19-4-7-21(38)8-5-19)42-32-27-3-2-13-46(27)37(47)31(32)30(29)28-15-20-10-12-41-35(34(20)50-28)43-25-11-14-48-33-23(25)16-22(39)17-24(33)40/h4-5,7-8,10,12,15-17,25,27H,2-3,6,9,11,13-14H2,1H3,(H,41,43)/t25-,27?/m1/s1. The molecule has 0 aliphatic carbocycles. The van der Waals surface area contributed by atoms with Gasteiger partial charge in [-0.05, 0) is 67.0 Å². The molecule has 9 nitrogen and oxygen atoms in total. The van der Waals surface area contributed by atoms with E-state index in [-0.39, 0.29) is 36.0 Å². The van der Waals surface area contributed by atoms with Crippen LogP contribution >= 0.6 is 11.3 Å². The van der Waals surface area contributed by atoms with Gasteiger partial charge >= 0.3 is 0 Å². The van der Waals surface area contributed by atoms with E-state index < -0.39 is 17.7 Å². The van der Waals surface area contributed by atoms with Crippen molar-refractivity contribution in [2.24, 2.45) is 0 Å². The number of aromatic nitrogens is 4. The molecule has 4 aromatic heterocycles. The summed E-state index contributed by atoms with van der Waals surface area (Å²) in [7, 11) is 0. The van der Waals surface area contributed by atoms with E-state index in [4.69, 9.17) is 14.1 Å². The second kappa shape index (κ2) is 11.9. The minimum atomic E-state index is -0.744. The molecule has 9 rings (SSSR count). The molecule has 13 heteroatoms. The van der Waals surface area contributed by atoms with Crippen LogP contribution in [0.25, 0.3) is 32.0 Å². The number of pyridine rings is 2. The van der Waals surface area contributed by atoms with E-state index in [2.05, 4.69) is 20.5 Å². The van der Waals surface area contributed by atoms with Crippen LogP contribution in [0.3, 0.4) is 0 Å². The van der Waals surface area contributed by atoms with E-state index in [1.807, 2.05) is 17.0 Å². The van der Waals surface area contributed by atoms with Crippen LogP contribution in [-0.2, 0) is 12.8 Å². The number of aryl methyl sites for hydroxylation is 3. The molecule has 50 heavy (non-hydrogen) atoms. The summed E-state index contributed by atoms with van der Waals surface area (Å²) < 4.78 is 55.1. The monoisotopic (exact) mass is 694 g/mol. The summed E-state index contributed by atoms with van der Waals surface area (Å²) in [5.41, 5.74) is 4.60. The molecule has 2 aromatic carbocycles. The molecule has 1 saturated heterocycles. The Morgan fingerprint density at radius 1 is 0.980 bits per heavy atom. The summed E-state index contributed by atoms with van der Waals surface area (Å²) in [5.74, 6) is -0.589. The Hall–Kier alpha value is -5.30. The summed E-state index contributed by atoms with van der Waals surface area (Å²) >= 11 is 1.46. The lowest BCUT2D eigenvalue weighted by Gasteiger charge is -2.27. The molecule has 3 aliphatic rings. The van der Waals surface area contributed by atoms with E-state index in [1.165, 1.54) is 29.5 Å². The van der Waals surface area contributed by atoms with Crippen molar-refractivity contribution in [3.8, 4) is 27.6 Å². The molecule has 0 saturated carbocycles. The van der Waals surface area contributed by atoms with Gasteiger partial charge in [0.05, 0.1) is 45.9 Å². The van der Waals surface area contributed by atoms with Crippen molar-refractivity contribution in [2.45, 2.75) is 51.1 Å². The van der Waals surface area contributed by atoms with Crippen LogP contribution in [0.2, 0.25) is 0 Å². The summed E-state index contributed by atoms with van der Waals surface area (Å²) in [6.45, 7) is 2.62. The van der Waals surface area contributed by atoms with Crippen LogP contribution in [0.5, 0.6) is 5.75 Å². The van der Waals surface area contributed by atoms with E-state index in [0.717, 1.165) is 45.1 Å². The van der Waals surface area contributed by atoms with Crippen molar-refractivity contribution in [3.05, 3.63) is 106 Å². The summed E-state index contributed by atoms with van der Waals surface area (Å²) in [5, 5.41) is 12.8. The largest absolute Gasteiger partial charge is 0.490 e. The topological polar surface area (TPSA) is 106 Å². The van der Waals surface area contributed by atoms with Crippen LogP contribution in [0.15, 0.2) is 59.1 Å². The third-order valence-electron chi connectivity index (χ3n) is 9.70. The molecule has 6 aromatic rings. The lowest BCUT2D eigenvalue weighted by Crippen LogP contribution is -2.22. The van der Waals surface area contributed by atoms with Gasteiger partial charge in [0, 0.05) is 48.2 Å². The molecule has 0 radical (unpaired) electrons. The van der Waals surface area contributed by atoms with Gasteiger partial charge in [0.1, 0.15) is 17.5 Å². The average molecular weight is 695 g/mol. The minimum Gasteiger partial charge on any atom is -0.490 e. The van der Waals surface area contributed by atoms with Gasteiger partial charge in [-0.2, -0.15) is 0 Å². The fraction of sp³-hybridized carbons (Fsp3) is 0.270. The van der Waals surface area contributed by atoms with Crippen LogP contribution < -0.4 is 10.1 Å². The number of carbonyl (C=O) groups is 1. The van der Waals surface area contributed by atoms with Crippen molar-refractivity contribution in [2.75, 3.05) is 18.5 Å². The number of benzene rings is 2. The highest BCUT2D eigenvalue weighted by Crippen LogP contribution is 2.50. The number of amides is 1. The second-order valence-electron chi connectivity index (χ2n) is 12.8. The highest BCUT2D eigenvalue weighted by molar-refractivity contribution is 7.23. The highest BCUT2D eigenvalue weighted by Gasteiger charge is 2.45. The smallest absolute Gasteiger partial charge is 0.257 e. The van der Waals surface area contributed by atoms with Gasteiger partial charge in [-0.1, -0.05) is 12.1 Å². The number of carbonyl (C=O) groups excluding carboxylic acids is 1. The maximum atomic E-state index is 14.6. The number of hydrogen-bond acceptors (Lipinski definition) is 9. The van der Waals surface area contributed by atoms with Crippen LogP contribution in [0, 0.1) is 24.4 Å². The molecule has 2 atom stereocenters. The normalized spacial score (nSPS) is 17.9. The Morgan fingerprint density at radius 2 is 1.84 bits per heavy atom. The summed E-state index contributed by atoms with van der Waals surface area (Å²) in [4.78, 5) is 26.7. The zero-order valence-corrected chi connectivity index (χ0v) is 27.6. The maximum Gasteiger partial charge on any atom is 0.257 e. The average Bonchev–Trinajstić information content (AvgIpc) is 3.91. The third-order valence-corrected chi connectivity index (χ3v) is 10.9. The third kappa shape index (κ3) is 5.10. The molecule has 1 N–H and O–H groups in total. The summed E-state index contributed by atoms with van der Waals surface area (Å²) in [6.07, 6.45) is 4.94. The van der Waals surface area contributed by atoms with E-state index in [1.54, 1.807) is 25.3 Å². The summed E-state index contributed by atoms with van der Waals surface area (Å²) in [6, 6.07) is 11.9. The number of fused-ring (bicyclic) bond motifs is 5. The molecule has 1 unspecified atom stereocenters. The molecule has 252 valence electrons. The molecule has 0 bridgehead atoms. The first-order chi connectivity index (χ1) is 24.3. The van der Waals surface area contributed by atoms with Gasteiger partial charge in [-0.25, -0.2) is 18.2 Å². The van der Waals surface area contributed by atoms with Gasteiger partial charge < -0.3 is 19.4 Å². The zero-order valence-electron chi connectivity index (χ0n) is 26.8. The van der Waals surface area contributed by atoms with Crippen molar-refractivity contribution in [1.82, 2.24) is 25.1 Å². The predicted molar refractivity (Wildman–Crippen MR) is 181 cm³/mol. The fourth-order valence-corrected chi connectivity index (χ4v) is 8.62. The second-order valence-corrected chi connectivity index (χ2v) is 13.9. The molecule has 1 fully saturated rings. The first-order valence-corrected chi connectivity index (χ1v) is 17.3. The van der Waals surface area contributed by atoms with Crippen LogP contribution in [-0.4, -0.2) is 44.1 Å². The van der Waals surface area contributed by atoms with E-state index in [9.17, 15) is 18.0 Å². The van der Waals surface area contributed by atoms with Gasteiger partial charge in [0.2, 0.25) is 11.8 Å². The number of nitrogens with zero attached hydrogens (tertiary/aromatic N) is 5. The van der Waals surface area contributed by atoms with Crippen molar-refractivity contribution in [1.29, 1.82) is 0 Å². The Bertz CT molecular complexity index is 2320. The number of anilines is 1. The first-order valence-electron chi connectivity index (χ1n) is 16.5. The molecular formula is C37H29F3N6O3S. The quantitative estimate of drug-likeness (QED) is 0.179. The predicted octanol–water partition coefficient (Wildman–Crippen LogP) is 8.15. The lowest BCUT2D eigenvalue weighted by molar-refractivity contribution is 0.0776. The first kappa shape index (κ1) is 30.7. The molecule has 3 aliphatic heterocycles. The van der Waals surface area contributed by atoms with Crippen molar-refractivity contribution < 1.29 is 27.1 Å². The Labute approximate surface area is 288 Å². The number of hydrogen-bond donors (Lipinski definition) is 1. The molecule has 1 amide bonds. The van der Waals surface area contributed by atoms with Gasteiger partial charge in [-0.3, -0.25) is 9.78 Å². The number of rotatable bonds is 7. The van der Waals surface area contributed by atoms with Crippen LogP contribution in [0.4, 0.5) is 19.0 Å². The Kier molecular flexibility index (Phi) is 7.34. The Morgan fingerprint density at radius 3 is 2.66 bits per heavy atom. The van der Waals surface area contributed by atoms with Gasteiger partial charge in [0.25, 0.3) is 5.91 Å².